The van der Waals surface area contributed by atoms with Crippen molar-refractivity contribution in [1.82, 2.24) is 19.8 Å². The number of aromatic nitrogens is 4. The van der Waals surface area contributed by atoms with E-state index < -0.39 is 0 Å². The molecule has 0 aliphatic rings. The van der Waals surface area contributed by atoms with Crippen molar-refractivity contribution in [1.29, 1.82) is 0 Å². The van der Waals surface area contributed by atoms with Gasteiger partial charge in [-0.15, -0.1) is 10.2 Å². The van der Waals surface area contributed by atoms with Gasteiger partial charge in [0, 0.05) is 0 Å². The summed E-state index contributed by atoms with van der Waals surface area (Å²) in [4.78, 5) is 0. The maximum Gasteiger partial charge on any atom is 0.180 e. The van der Waals surface area contributed by atoms with E-state index >= 15 is 0 Å². The maximum absolute atomic E-state index is 4.29. The van der Waals surface area contributed by atoms with Gasteiger partial charge in [0.2, 0.25) is 0 Å². The predicted octanol–water partition coefficient (Wildman–Crippen LogP) is 2.08. The molecular weight excluding hydrogens is 176 g/mol. The molecule has 14 heavy (non-hydrogen) atoms. The van der Waals surface area contributed by atoms with Gasteiger partial charge in [0.05, 0.1) is 5.69 Å². The standard InChI is InChI=1S/C8H10N4.C2H6/c1-5-4-6(2)11-12-7(3)9-10-8(5)12;1-2/h4H,1-3H3;1-2H3. The quantitative estimate of drug-likeness (QED) is 0.641. The zero-order valence-electron chi connectivity index (χ0n) is 9.37. The van der Waals surface area contributed by atoms with Crippen LogP contribution < -0.4 is 0 Å². The van der Waals surface area contributed by atoms with Crippen LogP contribution in [-0.4, -0.2) is 19.8 Å². The summed E-state index contributed by atoms with van der Waals surface area (Å²) in [5.74, 6) is 0.830. The molecule has 0 N–H and O–H groups in total. The third-order valence-corrected chi connectivity index (χ3v) is 1.83. The molecule has 0 unspecified atom stereocenters. The van der Waals surface area contributed by atoms with Crippen molar-refractivity contribution >= 4 is 5.65 Å². The Balaban J connectivity index is 0.000000461. The molecule has 76 valence electrons. The van der Waals surface area contributed by atoms with Crippen molar-refractivity contribution in [3.8, 4) is 0 Å². The van der Waals surface area contributed by atoms with Gasteiger partial charge >= 0.3 is 0 Å². The highest BCUT2D eigenvalue weighted by atomic mass is 15.4. The number of fused-ring (bicyclic) bond motifs is 1. The average molecular weight is 192 g/mol. The van der Waals surface area contributed by atoms with E-state index in [1.807, 2.05) is 40.7 Å². The topological polar surface area (TPSA) is 43.1 Å². The molecule has 2 heterocycles. The summed E-state index contributed by atoms with van der Waals surface area (Å²) >= 11 is 0. The lowest BCUT2D eigenvalue weighted by Crippen LogP contribution is -1.98. The molecule has 0 saturated heterocycles. The molecule has 0 bridgehead atoms. The average Bonchev–Trinajstić information content (AvgIpc) is 2.52. The second kappa shape index (κ2) is 4.17. The molecule has 4 heteroatoms. The zero-order chi connectivity index (χ0) is 10.7. The van der Waals surface area contributed by atoms with Gasteiger partial charge in [-0.3, -0.25) is 0 Å². The number of nitrogens with zero attached hydrogens (tertiary/aromatic N) is 4. The Morgan fingerprint density at radius 3 is 2.36 bits per heavy atom. The summed E-state index contributed by atoms with van der Waals surface area (Å²) in [6.45, 7) is 9.87. The van der Waals surface area contributed by atoms with E-state index in [2.05, 4.69) is 15.3 Å². The molecule has 0 amide bonds. The second-order valence-corrected chi connectivity index (χ2v) is 2.95. The molecule has 2 aromatic heterocycles. The van der Waals surface area contributed by atoms with Crippen molar-refractivity contribution in [2.45, 2.75) is 34.6 Å². The van der Waals surface area contributed by atoms with Crippen molar-refractivity contribution in [2.24, 2.45) is 0 Å². The van der Waals surface area contributed by atoms with E-state index in [4.69, 9.17) is 0 Å². The van der Waals surface area contributed by atoms with E-state index in [-0.39, 0.29) is 0 Å². The molecule has 2 aromatic rings. The van der Waals surface area contributed by atoms with E-state index in [1.165, 1.54) is 0 Å². The van der Waals surface area contributed by atoms with Crippen LogP contribution in [0.3, 0.4) is 0 Å². The lowest BCUT2D eigenvalue weighted by Gasteiger charge is -1.98. The van der Waals surface area contributed by atoms with Crippen LogP contribution in [0.5, 0.6) is 0 Å². The highest BCUT2D eigenvalue weighted by Crippen LogP contribution is 2.07. The van der Waals surface area contributed by atoms with Gasteiger partial charge in [-0.05, 0) is 32.4 Å². The Bertz CT molecular complexity index is 431. The van der Waals surface area contributed by atoms with E-state index in [1.54, 1.807) is 4.52 Å². The fourth-order valence-electron chi connectivity index (χ4n) is 1.29. The van der Waals surface area contributed by atoms with Gasteiger partial charge in [0.25, 0.3) is 0 Å². The van der Waals surface area contributed by atoms with Crippen LogP contribution in [0.15, 0.2) is 6.07 Å². The first-order chi connectivity index (χ1) is 6.68. The predicted molar refractivity (Wildman–Crippen MR) is 56.3 cm³/mol. The van der Waals surface area contributed by atoms with Gasteiger partial charge in [-0.1, -0.05) is 13.8 Å². The summed E-state index contributed by atoms with van der Waals surface area (Å²) in [5, 5.41) is 12.2. The third kappa shape index (κ3) is 1.73. The van der Waals surface area contributed by atoms with Crippen molar-refractivity contribution in [2.75, 3.05) is 0 Å². The second-order valence-electron chi connectivity index (χ2n) is 2.95. The minimum Gasteiger partial charge on any atom is -0.197 e. The summed E-state index contributed by atoms with van der Waals surface area (Å²) in [6, 6.07) is 2.00. The molecule has 0 radical (unpaired) electrons. The fourth-order valence-corrected chi connectivity index (χ4v) is 1.29. The Hall–Kier alpha value is -1.45. The normalized spacial score (nSPS) is 9.79. The Morgan fingerprint density at radius 1 is 1.07 bits per heavy atom. The molecule has 0 saturated carbocycles. The molecule has 0 aliphatic carbocycles. The van der Waals surface area contributed by atoms with Crippen LogP contribution in [0.4, 0.5) is 0 Å². The maximum atomic E-state index is 4.29. The van der Waals surface area contributed by atoms with Crippen LogP contribution in [0.1, 0.15) is 30.9 Å². The largest absolute Gasteiger partial charge is 0.197 e. The molecule has 0 fully saturated rings. The molecule has 0 spiro atoms. The third-order valence-electron chi connectivity index (χ3n) is 1.83. The van der Waals surface area contributed by atoms with E-state index in [0.29, 0.717) is 0 Å². The highest BCUT2D eigenvalue weighted by Gasteiger charge is 2.04. The summed E-state index contributed by atoms with van der Waals surface area (Å²) in [5.41, 5.74) is 2.95. The fraction of sp³-hybridized carbons (Fsp3) is 0.500. The Morgan fingerprint density at radius 2 is 1.71 bits per heavy atom. The lowest BCUT2D eigenvalue weighted by atomic mass is 10.3. The van der Waals surface area contributed by atoms with Crippen LogP contribution in [0.25, 0.3) is 5.65 Å². The SMILES string of the molecule is CC.Cc1cc(C)c2nnc(C)n2n1. The van der Waals surface area contributed by atoms with Gasteiger partial charge < -0.3 is 0 Å². The lowest BCUT2D eigenvalue weighted by molar-refractivity contribution is 0.847. The highest BCUT2D eigenvalue weighted by molar-refractivity contribution is 5.45. The van der Waals surface area contributed by atoms with Crippen LogP contribution in [-0.2, 0) is 0 Å². The molecule has 4 nitrogen and oxygen atoms in total. The minimum atomic E-state index is 0.830. The number of hydrogen-bond acceptors (Lipinski definition) is 3. The first-order valence-electron chi connectivity index (χ1n) is 4.85. The monoisotopic (exact) mass is 192 g/mol. The number of rotatable bonds is 0. The van der Waals surface area contributed by atoms with Crippen LogP contribution in [0.2, 0.25) is 0 Å². The van der Waals surface area contributed by atoms with Crippen molar-refractivity contribution in [3.05, 3.63) is 23.1 Å². The molecule has 0 atom stereocenters. The van der Waals surface area contributed by atoms with Crippen molar-refractivity contribution < 1.29 is 0 Å². The Kier molecular flexibility index (Phi) is 3.17. The first kappa shape index (κ1) is 10.6. The van der Waals surface area contributed by atoms with Crippen LogP contribution in [0, 0.1) is 20.8 Å². The number of hydrogen-bond donors (Lipinski definition) is 0. The smallest absolute Gasteiger partial charge is 0.180 e. The molecule has 0 aliphatic heterocycles. The van der Waals surface area contributed by atoms with E-state index in [9.17, 15) is 0 Å². The van der Waals surface area contributed by atoms with Crippen molar-refractivity contribution in [3.63, 3.8) is 0 Å². The van der Waals surface area contributed by atoms with E-state index in [0.717, 1.165) is 22.7 Å². The minimum absolute atomic E-state index is 0.830. The molecule has 2 rings (SSSR count). The summed E-state index contributed by atoms with van der Waals surface area (Å²) < 4.78 is 1.77. The summed E-state index contributed by atoms with van der Waals surface area (Å²) in [7, 11) is 0. The number of aryl methyl sites for hydroxylation is 3. The van der Waals surface area contributed by atoms with Gasteiger partial charge in [-0.2, -0.15) is 9.61 Å². The van der Waals surface area contributed by atoms with Crippen LogP contribution >= 0.6 is 0 Å². The molecular formula is C10H16N4. The first-order valence-corrected chi connectivity index (χ1v) is 4.85. The Labute approximate surface area is 84.0 Å². The van der Waals surface area contributed by atoms with Gasteiger partial charge in [-0.25, -0.2) is 0 Å². The van der Waals surface area contributed by atoms with Gasteiger partial charge in [0.15, 0.2) is 11.5 Å². The molecule has 0 aromatic carbocycles. The zero-order valence-corrected chi connectivity index (χ0v) is 9.37. The summed E-state index contributed by atoms with van der Waals surface area (Å²) in [6.07, 6.45) is 0. The van der Waals surface area contributed by atoms with Gasteiger partial charge in [0.1, 0.15) is 0 Å².